The van der Waals surface area contributed by atoms with E-state index in [0.29, 0.717) is 55.4 Å². The lowest BCUT2D eigenvalue weighted by atomic mass is 9.93. The van der Waals surface area contributed by atoms with Crippen LogP contribution in [-0.2, 0) is 24.1 Å². The second-order valence-electron chi connectivity index (χ2n) is 10.7. The summed E-state index contributed by atoms with van der Waals surface area (Å²) in [5, 5.41) is 13.2. The highest BCUT2D eigenvalue weighted by atomic mass is 19.1. The number of nitrogens with zero attached hydrogens (tertiary/aromatic N) is 4. The standard InChI is InChI=1S/C31H32FN7O3/c1-2-24-17-27(38-42-24)30(41)39-12-10-20(11-13-39)15-28(40)36-26-9-8-23-16-21(26)7-6-19-4-3-5-22(14-19)35-31-33-18-25(32)29(34-23)37-31/h3-5,8-9,14,16-18,20H,2,6-7,10-13,15H2,1H3,(H,36,40)(H2,33,34,35,37). The zero-order valence-electron chi connectivity index (χ0n) is 23.3. The van der Waals surface area contributed by atoms with Crippen molar-refractivity contribution in [3.63, 3.8) is 0 Å². The van der Waals surface area contributed by atoms with Crippen LogP contribution in [-0.4, -0.2) is 44.9 Å². The van der Waals surface area contributed by atoms with E-state index in [1.807, 2.05) is 43.3 Å². The topological polar surface area (TPSA) is 125 Å². The number of carbonyl (C=O) groups excluding carboxylic acids is 2. The molecule has 4 aromatic rings. The fourth-order valence-electron chi connectivity index (χ4n) is 5.41. The van der Waals surface area contributed by atoms with Crippen molar-refractivity contribution >= 4 is 40.6 Å². The van der Waals surface area contributed by atoms with Gasteiger partial charge in [-0.3, -0.25) is 9.59 Å². The molecular weight excluding hydrogens is 537 g/mol. The fourth-order valence-corrected chi connectivity index (χ4v) is 5.41. The number of piperidine rings is 1. The van der Waals surface area contributed by atoms with Gasteiger partial charge >= 0.3 is 0 Å². The molecule has 10 nitrogen and oxygen atoms in total. The molecule has 0 saturated carbocycles. The first kappa shape index (κ1) is 27.4. The normalized spacial score (nSPS) is 15.0. The van der Waals surface area contributed by atoms with E-state index in [4.69, 9.17) is 4.52 Å². The summed E-state index contributed by atoms with van der Waals surface area (Å²) in [6.07, 6.45) is 5.08. The van der Waals surface area contributed by atoms with E-state index in [-0.39, 0.29) is 23.6 Å². The molecule has 1 saturated heterocycles. The number of carbonyl (C=O) groups is 2. The summed E-state index contributed by atoms with van der Waals surface area (Å²) >= 11 is 0. The third-order valence-electron chi connectivity index (χ3n) is 7.75. The van der Waals surface area contributed by atoms with Crippen LogP contribution in [0, 0.1) is 11.7 Å². The molecule has 42 heavy (non-hydrogen) atoms. The van der Waals surface area contributed by atoms with Crippen molar-refractivity contribution in [2.75, 3.05) is 29.0 Å². The summed E-state index contributed by atoms with van der Waals surface area (Å²) in [6.45, 7) is 3.10. The predicted molar refractivity (Wildman–Crippen MR) is 157 cm³/mol. The van der Waals surface area contributed by atoms with E-state index in [0.717, 1.165) is 48.0 Å². The highest BCUT2D eigenvalue weighted by molar-refractivity contribution is 5.93. The van der Waals surface area contributed by atoms with Gasteiger partial charge < -0.3 is 25.4 Å². The quantitative estimate of drug-likeness (QED) is 0.282. The van der Waals surface area contributed by atoms with Gasteiger partial charge in [0, 0.05) is 49.1 Å². The van der Waals surface area contributed by atoms with Crippen molar-refractivity contribution in [2.24, 2.45) is 5.92 Å². The van der Waals surface area contributed by atoms with E-state index in [9.17, 15) is 14.0 Å². The van der Waals surface area contributed by atoms with Gasteiger partial charge in [0.1, 0.15) is 5.76 Å². The molecule has 2 amide bonds. The molecule has 6 bridgehead atoms. The number of fused-ring (bicyclic) bond motifs is 6. The number of halogens is 1. The number of anilines is 5. The highest BCUT2D eigenvalue weighted by Gasteiger charge is 2.27. The summed E-state index contributed by atoms with van der Waals surface area (Å²) in [5.41, 5.74) is 4.57. The van der Waals surface area contributed by atoms with E-state index in [1.54, 1.807) is 17.0 Å². The first-order chi connectivity index (χ1) is 20.4. The molecule has 2 aromatic heterocycles. The summed E-state index contributed by atoms with van der Waals surface area (Å²) in [6, 6.07) is 15.2. The molecule has 2 aliphatic heterocycles. The Bertz CT molecular complexity index is 1610. The van der Waals surface area contributed by atoms with Crippen molar-refractivity contribution < 1.29 is 18.5 Å². The second-order valence-corrected chi connectivity index (χ2v) is 10.7. The minimum absolute atomic E-state index is 0.0600. The Hall–Kier alpha value is -4.80. The maximum absolute atomic E-state index is 14.5. The van der Waals surface area contributed by atoms with Crippen molar-refractivity contribution in [1.29, 1.82) is 0 Å². The van der Waals surface area contributed by atoms with Crippen LogP contribution in [0.4, 0.5) is 33.2 Å². The van der Waals surface area contributed by atoms with Gasteiger partial charge in [0.25, 0.3) is 5.91 Å². The van der Waals surface area contributed by atoms with Gasteiger partial charge in [-0.1, -0.05) is 24.2 Å². The molecule has 0 aliphatic carbocycles. The Morgan fingerprint density at radius 2 is 1.90 bits per heavy atom. The minimum atomic E-state index is -0.567. The van der Waals surface area contributed by atoms with Crippen LogP contribution >= 0.6 is 0 Å². The third kappa shape index (κ3) is 6.24. The number of aromatic nitrogens is 3. The van der Waals surface area contributed by atoms with E-state index < -0.39 is 5.82 Å². The minimum Gasteiger partial charge on any atom is -0.361 e. The average molecular weight is 570 g/mol. The van der Waals surface area contributed by atoms with Crippen molar-refractivity contribution in [3.8, 4) is 0 Å². The third-order valence-corrected chi connectivity index (χ3v) is 7.75. The molecule has 2 aliphatic rings. The number of amides is 2. The lowest BCUT2D eigenvalue weighted by molar-refractivity contribution is -0.117. The average Bonchev–Trinajstić information content (AvgIpc) is 3.48. The molecule has 0 spiro atoms. The number of nitrogens with one attached hydrogen (secondary N) is 3. The first-order valence-electron chi connectivity index (χ1n) is 14.3. The second kappa shape index (κ2) is 12.0. The maximum atomic E-state index is 14.5. The maximum Gasteiger partial charge on any atom is 0.276 e. The Labute approximate surface area is 242 Å². The van der Waals surface area contributed by atoms with Gasteiger partial charge in [-0.05, 0) is 73.1 Å². The van der Waals surface area contributed by atoms with Crippen molar-refractivity contribution in [3.05, 3.63) is 83.1 Å². The van der Waals surface area contributed by atoms with Crippen LogP contribution in [0.1, 0.15) is 53.6 Å². The van der Waals surface area contributed by atoms with E-state index in [1.165, 1.54) is 0 Å². The molecule has 3 N–H and O–H groups in total. The van der Waals surface area contributed by atoms with Crippen LogP contribution < -0.4 is 16.0 Å². The van der Waals surface area contributed by atoms with Gasteiger partial charge in [-0.15, -0.1) is 0 Å². The zero-order valence-corrected chi connectivity index (χ0v) is 23.3. The molecule has 4 heterocycles. The molecule has 6 rings (SSSR count). The SMILES string of the molecule is CCc1cc(C(=O)N2CCC(CC(=O)Nc3ccc4cc3CCc3cccc(c3)Nc3ncc(F)c(n3)N4)CC2)no1. The number of aryl methyl sites for hydroxylation is 3. The number of likely N-dealkylation sites (tertiary alicyclic amines) is 1. The van der Waals surface area contributed by atoms with E-state index in [2.05, 4.69) is 31.1 Å². The molecule has 2 aromatic carbocycles. The Morgan fingerprint density at radius 1 is 1.07 bits per heavy atom. The summed E-state index contributed by atoms with van der Waals surface area (Å²) in [4.78, 5) is 36.1. The van der Waals surface area contributed by atoms with Crippen LogP contribution in [0.2, 0.25) is 0 Å². The van der Waals surface area contributed by atoms with Gasteiger partial charge in [0.2, 0.25) is 11.9 Å². The fraction of sp³-hybridized carbons (Fsp3) is 0.323. The largest absolute Gasteiger partial charge is 0.361 e. The summed E-state index contributed by atoms with van der Waals surface area (Å²) in [5.74, 6) is 0.447. The molecule has 216 valence electrons. The Morgan fingerprint density at radius 3 is 2.71 bits per heavy atom. The number of rotatable bonds is 5. The Kier molecular flexibility index (Phi) is 7.81. The van der Waals surface area contributed by atoms with Crippen LogP contribution in [0.25, 0.3) is 0 Å². The summed E-state index contributed by atoms with van der Waals surface area (Å²) < 4.78 is 19.7. The molecule has 0 atom stereocenters. The van der Waals surface area contributed by atoms with Crippen LogP contribution in [0.5, 0.6) is 0 Å². The Balaban J connectivity index is 1.13. The molecule has 1 fully saturated rings. The van der Waals surface area contributed by atoms with Crippen LogP contribution in [0.15, 0.2) is 59.3 Å². The van der Waals surface area contributed by atoms with Gasteiger partial charge in [-0.2, -0.15) is 4.98 Å². The van der Waals surface area contributed by atoms with Crippen LogP contribution in [0.3, 0.4) is 0 Å². The van der Waals surface area contributed by atoms with Crippen molar-refractivity contribution in [1.82, 2.24) is 20.0 Å². The van der Waals surface area contributed by atoms with Gasteiger partial charge in [0.15, 0.2) is 17.3 Å². The number of hydrogen-bond acceptors (Lipinski definition) is 8. The lowest BCUT2D eigenvalue weighted by Gasteiger charge is -2.31. The highest BCUT2D eigenvalue weighted by Crippen LogP contribution is 2.29. The monoisotopic (exact) mass is 569 g/mol. The van der Waals surface area contributed by atoms with E-state index >= 15 is 0 Å². The smallest absolute Gasteiger partial charge is 0.276 e. The number of hydrogen-bond donors (Lipinski definition) is 3. The zero-order chi connectivity index (χ0) is 29.1. The number of benzene rings is 2. The lowest BCUT2D eigenvalue weighted by Crippen LogP contribution is -2.39. The molecule has 11 heteroatoms. The summed E-state index contributed by atoms with van der Waals surface area (Å²) in [7, 11) is 0. The predicted octanol–water partition coefficient (Wildman–Crippen LogP) is 5.63. The molecule has 0 unspecified atom stereocenters. The molecular formula is C31H32FN7O3. The van der Waals surface area contributed by atoms with Crippen molar-refractivity contribution in [2.45, 2.75) is 45.4 Å². The van der Waals surface area contributed by atoms with Gasteiger partial charge in [-0.25, -0.2) is 9.37 Å². The van der Waals surface area contributed by atoms with Gasteiger partial charge in [0.05, 0.1) is 6.20 Å². The molecule has 0 radical (unpaired) electrons. The first-order valence-corrected chi connectivity index (χ1v) is 14.3.